The maximum atomic E-state index is 12.3. The second-order valence-corrected chi connectivity index (χ2v) is 7.67. The zero-order valence-corrected chi connectivity index (χ0v) is 19.6. The van der Waals surface area contributed by atoms with E-state index in [9.17, 15) is 9.59 Å². The van der Waals surface area contributed by atoms with Crippen LogP contribution in [0.4, 0.5) is 5.69 Å². The van der Waals surface area contributed by atoms with E-state index in [1.165, 1.54) is 25.1 Å². The molecule has 0 spiro atoms. The zero-order valence-electron chi connectivity index (χ0n) is 18.1. The number of hydrogen-bond acceptors (Lipinski definition) is 4. The van der Waals surface area contributed by atoms with E-state index in [1.54, 1.807) is 29.1 Å². The fourth-order valence-corrected chi connectivity index (χ4v) is 3.43. The van der Waals surface area contributed by atoms with E-state index in [1.807, 2.05) is 19.4 Å². The van der Waals surface area contributed by atoms with Gasteiger partial charge in [-0.2, -0.15) is 13.0 Å². The van der Waals surface area contributed by atoms with Crippen LogP contribution in [0.3, 0.4) is 0 Å². The van der Waals surface area contributed by atoms with Crippen molar-refractivity contribution < 1.29 is 28.4 Å². The molecule has 1 aromatic heterocycles. The summed E-state index contributed by atoms with van der Waals surface area (Å²) in [5, 5.41) is 3.64. The first-order chi connectivity index (χ1) is 14.4. The Labute approximate surface area is 206 Å². The Hall–Kier alpha value is -1.68. The van der Waals surface area contributed by atoms with Gasteiger partial charge in [-0.15, -0.1) is 6.54 Å². The van der Waals surface area contributed by atoms with Gasteiger partial charge >= 0.3 is 18.9 Å². The van der Waals surface area contributed by atoms with Gasteiger partial charge in [0.15, 0.2) is 0 Å². The predicted octanol–water partition coefficient (Wildman–Crippen LogP) is 1.60. The van der Waals surface area contributed by atoms with Crippen LogP contribution in [0.5, 0.6) is 0 Å². The zero-order chi connectivity index (χ0) is 22.1. The number of amides is 1. The Bertz CT molecular complexity index is 902. The Morgan fingerprint density at radius 1 is 1.45 bits per heavy atom. The van der Waals surface area contributed by atoms with Crippen LogP contribution in [0.2, 0.25) is 10.0 Å². The summed E-state index contributed by atoms with van der Waals surface area (Å²) in [5.74, 6) is 0.226. The van der Waals surface area contributed by atoms with Gasteiger partial charge in [0.25, 0.3) is 5.91 Å². The number of rotatable bonds is 6. The molecule has 9 heteroatoms. The van der Waals surface area contributed by atoms with Gasteiger partial charge in [0.1, 0.15) is 5.69 Å². The van der Waals surface area contributed by atoms with Crippen LogP contribution in [0.15, 0.2) is 36.5 Å². The van der Waals surface area contributed by atoms with E-state index in [-0.39, 0.29) is 24.8 Å². The van der Waals surface area contributed by atoms with Crippen LogP contribution in [0.1, 0.15) is 36.1 Å². The molecule has 1 aliphatic rings. The topological polar surface area (TPSA) is 67.2 Å². The first-order valence-corrected chi connectivity index (χ1v) is 10.3. The van der Waals surface area contributed by atoms with Gasteiger partial charge in [0.05, 0.1) is 16.9 Å². The molecule has 1 aliphatic heterocycles. The van der Waals surface area contributed by atoms with Crippen LogP contribution >= 0.6 is 23.2 Å². The molecule has 0 unspecified atom stereocenters. The minimum atomic E-state index is -0.307. The Morgan fingerprint density at radius 2 is 2.19 bits per heavy atom. The molecule has 0 saturated carbocycles. The second-order valence-electron chi connectivity index (χ2n) is 6.82. The van der Waals surface area contributed by atoms with E-state index in [0.717, 1.165) is 6.54 Å². The minimum Gasteiger partial charge on any atom is -0.419 e. The van der Waals surface area contributed by atoms with Crippen molar-refractivity contribution in [2.75, 3.05) is 18.9 Å². The van der Waals surface area contributed by atoms with Crippen molar-refractivity contribution in [2.45, 2.75) is 32.4 Å². The molecule has 0 bridgehead atoms. The summed E-state index contributed by atoms with van der Waals surface area (Å²) in [7, 11) is 2.08. The molecule has 1 saturated heterocycles. The number of hydrogen-bond donors (Lipinski definition) is 1. The molecule has 6 nitrogen and oxygen atoms in total. The molecule has 1 N–H and O–H groups in total. The van der Waals surface area contributed by atoms with E-state index < -0.39 is 0 Å². The van der Waals surface area contributed by atoms with Gasteiger partial charge in [-0.3, -0.25) is 9.78 Å². The number of imidazole rings is 1. The number of likely N-dealkylation sites (tertiary alicyclic amines) is 1. The van der Waals surface area contributed by atoms with E-state index in [2.05, 4.69) is 29.2 Å². The summed E-state index contributed by atoms with van der Waals surface area (Å²) >= 11 is 11.9. The quantitative estimate of drug-likeness (QED) is 0.409. The molecule has 2 aromatic rings. The first-order valence-electron chi connectivity index (χ1n) is 9.53. The van der Waals surface area contributed by atoms with Gasteiger partial charge in [-0.25, -0.2) is 6.08 Å². The maximum absolute atomic E-state index is 12.3. The van der Waals surface area contributed by atoms with Crippen molar-refractivity contribution in [1.82, 2.24) is 14.5 Å². The number of anilines is 1. The standard InChI is InChI=1S/C14H13Cl2N3O.C8H12NO.Li/c1-3-6-19-9(2)17-8-13(19)14(20)18-12-7-10(15)4-5-11(12)16;1-9-6-2-4-8(9)5-3-7-10;/h3-5,7-8H,2,6H2,1H3,(H,18,20);3,5,8H,2,4,6H2,1H3;/q-2;-1;+1/b;5-3+;/t;8-;/m.1./s1. The number of nitrogens with zero attached hydrogens (tertiary/aromatic N) is 3. The SMILES string of the molecule is CN1CCC[C@@H]1/C=C/[C-]=O.[CH2-]c1ncc(C(=O)Nc2cc(Cl)ccc2Cl)n1C[CH-]C.[Li+]. The number of allylic oxidation sites excluding steroid dienone is 1. The van der Waals surface area contributed by atoms with Crippen LogP contribution in [0, 0.1) is 13.3 Å². The number of halogens is 2. The molecule has 31 heavy (non-hydrogen) atoms. The summed E-state index contributed by atoms with van der Waals surface area (Å²) in [6.07, 6.45) is 11.0. The number of aromatic nitrogens is 2. The molecular weight excluding hydrogens is 430 g/mol. The summed E-state index contributed by atoms with van der Waals surface area (Å²) < 4.78 is 1.72. The molecule has 3 rings (SSSR count). The van der Waals surface area contributed by atoms with E-state index >= 15 is 0 Å². The Kier molecular flexibility index (Phi) is 12.1. The summed E-state index contributed by atoms with van der Waals surface area (Å²) in [6.45, 7) is 7.39. The fourth-order valence-electron chi connectivity index (χ4n) is 3.09. The van der Waals surface area contributed by atoms with Crippen LogP contribution in [-0.2, 0) is 11.3 Å². The average molecular weight is 455 g/mol. The normalized spacial score (nSPS) is 15.8. The number of nitrogens with one attached hydrogen (secondary N) is 1. The summed E-state index contributed by atoms with van der Waals surface area (Å²) in [6, 6.07) is 5.36. The molecule has 1 aromatic carbocycles. The smallest absolute Gasteiger partial charge is 0.419 e. The minimum absolute atomic E-state index is 0. The number of carbonyl (C=O) groups is 1. The van der Waals surface area contributed by atoms with Crippen molar-refractivity contribution >= 4 is 41.1 Å². The van der Waals surface area contributed by atoms with Crippen molar-refractivity contribution in [3.8, 4) is 0 Å². The second kappa shape index (κ2) is 13.7. The van der Waals surface area contributed by atoms with Crippen LogP contribution in [-0.4, -0.2) is 46.3 Å². The van der Waals surface area contributed by atoms with Gasteiger partial charge in [0.2, 0.25) is 0 Å². The third-order valence-electron chi connectivity index (χ3n) is 4.68. The largest absolute Gasteiger partial charge is 1.00 e. The molecule has 2 heterocycles. The van der Waals surface area contributed by atoms with Crippen molar-refractivity contribution in [3.63, 3.8) is 0 Å². The summed E-state index contributed by atoms with van der Waals surface area (Å²) in [5.41, 5.74) is 0.882. The Morgan fingerprint density at radius 3 is 2.81 bits per heavy atom. The van der Waals surface area contributed by atoms with Crippen LogP contribution < -0.4 is 24.2 Å². The van der Waals surface area contributed by atoms with Gasteiger partial charge < -0.3 is 32.9 Å². The van der Waals surface area contributed by atoms with Gasteiger partial charge in [0, 0.05) is 5.02 Å². The molecule has 1 atom stereocenters. The Balaban J connectivity index is 0.000000370. The van der Waals surface area contributed by atoms with E-state index in [4.69, 9.17) is 23.2 Å². The monoisotopic (exact) mass is 454 g/mol. The average Bonchev–Trinajstić information content (AvgIpc) is 3.29. The molecule has 1 fully saturated rings. The molecule has 1 amide bonds. The maximum Gasteiger partial charge on any atom is 1.00 e. The molecule has 162 valence electrons. The van der Waals surface area contributed by atoms with Crippen molar-refractivity contribution in [2.24, 2.45) is 0 Å². The summed E-state index contributed by atoms with van der Waals surface area (Å²) in [4.78, 5) is 28.4. The third kappa shape index (κ3) is 8.06. The van der Waals surface area contributed by atoms with E-state index in [0.29, 0.717) is 39.8 Å². The van der Waals surface area contributed by atoms with Gasteiger partial charge in [-0.1, -0.05) is 23.2 Å². The number of benzene rings is 1. The number of carbonyl (C=O) groups excluding carboxylic acids is 2. The van der Waals surface area contributed by atoms with Crippen molar-refractivity contribution in [3.05, 3.63) is 71.5 Å². The predicted molar refractivity (Wildman–Crippen MR) is 122 cm³/mol. The number of likely N-dealkylation sites (N-methyl/N-ethyl adjacent to an activating group) is 1. The molecular formula is C22H25Cl2LiN4O2-2. The van der Waals surface area contributed by atoms with Crippen LogP contribution in [0.25, 0.3) is 0 Å². The third-order valence-corrected chi connectivity index (χ3v) is 5.24. The van der Waals surface area contributed by atoms with Crippen molar-refractivity contribution in [1.29, 1.82) is 0 Å². The fraction of sp³-hybridized carbons (Fsp3) is 0.318. The molecule has 0 aliphatic carbocycles. The molecule has 0 radical (unpaired) electrons. The first kappa shape index (κ1) is 27.4. The van der Waals surface area contributed by atoms with Gasteiger partial charge in [-0.05, 0) is 62.8 Å².